The number of nitrogens with zero attached hydrogens (tertiary/aromatic N) is 1. The van der Waals surface area contributed by atoms with Gasteiger partial charge in [0.25, 0.3) is 0 Å². The second kappa shape index (κ2) is 8.70. The zero-order chi connectivity index (χ0) is 23.0. The van der Waals surface area contributed by atoms with E-state index >= 15 is 0 Å². The number of phenolic OH excluding ortho intramolecular Hbond substituents is 1. The fourth-order valence-corrected chi connectivity index (χ4v) is 5.14. The van der Waals surface area contributed by atoms with Crippen LogP contribution in [-0.4, -0.2) is 49.0 Å². The van der Waals surface area contributed by atoms with E-state index in [1.807, 2.05) is 0 Å². The minimum Gasteiger partial charge on any atom is -0.504 e. The zero-order valence-electron chi connectivity index (χ0n) is 19.1. The minimum absolute atomic E-state index is 0.0395. The standard InChI is InChI=1S/C25H31NO6/c1-14-21(24(29)32-13-16-6-5-9-31-16)22(15-7-8-20(30-4)18(27)10-15)23-17(26-14)11-25(2,3)12-19(23)28/h7-8,10,16,22-23,27H,5-6,9,11-13H2,1-4H3/t16-,22+,23-/m0/s1. The van der Waals surface area contributed by atoms with Crippen LogP contribution in [0.25, 0.3) is 0 Å². The summed E-state index contributed by atoms with van der Waals surface area (Å²) < 4.78 is 16.4. The highest BCUT2D eigenvalue weighted by molar-refractivity contribution is 6.12. The van der Waals surface area contributed by atoms with Gasteiger partial charge in [-0.25, -0.2) is 4.79 Å². The Bertz CT molecular complexity index is 986. The van der Waals surface area contributed by atoms with E-state index in [0.717, 1.165) is 18.6 Å². The predicted molar refractivity (Wildman–Crippen MR) is 119 cm³/mol. The van der Waals surface area contributed by atoms with Gasteiger partial charge in [-0.15, -0.1) is 0 Å². The van der Waals surface area contributed by atoms with Gasteiger partial charge in [0.1, 0.15) is 12.4 Å². The number of rotatable bonds is 5. The predicted octanol–water partition coefficient (Wildman–Crippen LogP) is 3.94. The Balaban J connectivity index is 1.74. The molecule has 0 unspecified atom stereocenters. The Morgan fingerprint density at radius 1 is 1.28 bits per heavy atom. The van der Waals surface area contributed by atoms with E-state index in [4.69, 9.17) is 19.2 Å². The molecule has 4 rings (SSSR count). The lowest BCUT2D eigenvalue weighted by atomic mass is 9.63. The summed E-state index contributed by atoms with van der Waals surface area (Å²) >= 11 is 0. The normalized spacial score (nSPS) is 27.1. The Labute approximate surface area is 188 Å². The van der Waals surface area contributed by atoms with E-state index in [1.165, 1.54) is 7.11 Å². The van der Waals surface area contributed by atoms with Crippen molar-refractivity contribution in [3.8, 4) is 11.5 Å². The first kappa shape index (κ1) is 22.5. The molecule has 0 aromatic heterocycles. The topological polar surface area (TPSA) is 94.4 Å². The van der Waals surface area contributed by atoms with Gasteiger partial charge in [-0.1, -0.05) is 19.9 Å². The number of allylic oxidation sites excluding steroid dienone is 1. The van der Waals surface area contributed by atoms with Crippen LogP contribution in [0.15, 0.2) is 34.5 Å². The molecule has 1 aromatic carbocycles. The summed E-state index contributed by atoms with van der Waals surface area (Å²) in [6.45, 7) is 6.76. The van der Waals surface area contributed by atoms with Crippen LogP contribution in [0.4, 0.5) is 0 Å². The fourth-order valence-electron chi connectivity index (χ4n) is 5.14. The Hall–Kier alpha value is -2.67. The van der Waals surface area contributed by atoms with Crippen molar-refractivity contribution >= 4 is 17.5 Å². The Morgan fingerprint density at radius 3 is 2.72 bits per heavy atom. The highest BCUT2D eigenvalue weighted by atomic mass is 16.6. The average Bonchev–Trinajstić information content (AvgIpc) is 3.23. The third kappa shape index (κ3) is 4.31. The summed E-state index contributed by atoms with van der Waals surface area (Å²) in [5, 5.41) is 10.4. The number of benzene rings is 1. The van der Waals surface area contributed by atoms with Gasteiger partial charge < -0.3 is 19.3 Å². The summed E-state index contributed by atoms with van der Waals surface area (Å²) in [5.41, 5.74) is 2.20. The fraction of sp³-hybridized carbons (Fsp3) is 0.560. The Kier molecular flexibility index (Phi) is 6.12. The van der Waals surface area contributed by atoms with Crippen molar-refractivity contribution in [1.82, 2.24) is 0 Å². The number of hydrogen-bond donors (Lipinski definition) is 1. The molecule has 0 spiro atoms. The lowest BCUT2D eigenvalue weighted by Gasteiger charge is -2.41. The molecule has 0 radical (unpaired) electrons. The molecule has 2 fully saturated rings. The van der Waals surface area contributed by atoms with E-state index in [1.54, 1.807) is 25.1 Å². The molecule has 7 heteroatoms. The largest absolute Gasteiger partial charge is 0.504 e. The van der Waals surface area contributed by atoms with E-state index in [9.17, 15) is 14.7 Å². The van der Waals surface area contributed by atoms with Crippen LogP contribution in [0.5, 0.6) is 11.5 Å². The summed E-state index contributed by atoms with van der Waals surface area (Å²) in [6.07, 6.45) is 2.81. The third-order valence-electron chi connectivity index (χ3n) is 6.57. The van der Waals surface area contributed by atoms with Crippen LogP contribution in [0, 0.1) is 11.3 Å². The van der Waals surface area contributed by atoms with Crippen molar-refractivity contribution in [2.75, 3.05) is 20.3 Å². The molecule has 3 aliphatic rings. The molecule has 1 saturated carbocycles. The second-order valence-corrected chi connectivity index (χ2v) is 9.71. The molecule has 1 saturated heterocycles. The SMILES string of the molecule is COc1ccc([C@@H]2C(C(=O)OC[C@@H]3CCCO3)=C(C)N=C3CC(C)(C)CC(=O)[C@H]32)cc1O. The highest BCUT2D eigenvalue weighted by Crippen LogP contribution is 2.48. The molecule has 1 aromatic rings. The molecule has 2 heterocycles. The zero-order valence-corrected chi connectivity index (χ0v) is 19.1. The van der Waals surface area contributed by atoms with Gasteiger partial charge in [0.15, 0.2) is 11.5 Å². The van der Waals surface area contributed by atoms with Gasteiger partial charge in [0, 0.05) is 30.4 Å². The molecule has 172 valence electrons. The van der Waals surface area contributed by atoms with Crippen LogP contribution >= 0.6 is 0 Å². The first-order valence-corrected chi connectivity index (χ1v) is 11.2. The molecule has 0 amide bonds. The number of carbonyl (C=O) groups excluding carboxylic acids is 2. The monoisotopic (exact) mass is 441 g/mol. The van der Waals surface area contributed by atoms with E-state index < -0.39 is 17.8 Å². The van der Waals surface area contributed by atoms with Gasteiger partial charge >= 0.3 is 5.97 Å². The molecule has 1 aliphatic carbocycles. The number of aromatic hydroxyl groups is 1. The van der Waals surface area contributed by atoms with Crippen molar-refractivity contribution < 1.29 is 28.9 Å². The molecular weight excluding hydrogens is 410 g/mol. The Morgan fingerprint density at radius 2 is 2.06 bits per heavy atom. The summed E-state index contributed by atoms with van der Waals surface area (Å²) in [6, 6.07) is 5.01. The van der Waals surface area contributed by atoms with Crippen molar-refractivity contribution in [1.29, 1.82) is 0 Å². The number of esters is 1. The molecular formula is C25H31NO6. The van der Waals surface area contributed by atoms with Crippen molar-refractivity contribution in [3.63, 3.8) is 0 Å². The first-order valence-electron chi connectivity index (χ1n) is 11.2. The lowest BCUT2D eigenvalue weighted by Crippen LogP contribution is -2.44. The van der Waals surface area contributed by atoms with Crippen LogP contribution in [0.3, 0.4) is 0 Å². The maximum absolute atomic E-state index is 13.3. The second-order valence-electron chi connectivity index (χ2n) is 9.71. The molecule has 0 bridgehead atoms. The summed E-state index contributed by atoms with van der Waals surface area (Å²) in [5.74, 6) is -1.26. The van der Waals surface area contributed by atoms with E-state index in [2.05, 4.69) is 13.8 Å². The van der Waals surface area contributed by atoms with Crippen LogP contribution < -0.4 is 4.74 Å². The number of aliphatic imine (C=N–C) groups is 1. The molecule has 2 aliphatic heterocycles. The third-order valence-corrected chi connectivity index (χ3v) is 6.57. The highest BCUT2D eigenvalue weighted by Gasteiger charge is 2.48. The maximum atomic E-state index is 13.3. The number of phenols is 1. The van der Waals surface area contributed by atoms with Crippen LogP contribution in [0.1, 0.15) is 57.9 Å². The number of carbonyl (C=O) groups is 2. The lowest BCUT2D eigenvalue weighted by molar-refractivity contribution is -0.142. The van der Waals surface area contributed by atoms with Crippen molar-refractivity contribution in [2.24, 2.45) is 16.3 Å². The number of Topliss-reactive ketones (excluding diaryl/α,β-unsaturated/α-hetero) is 1. The van der Waals surface area contributed by atoms with Crippen molar-refractivity contribution in [3.05, 3.63) is 35.0 Å². The quantitative estimate of drug-likeness (QED) is 0.696. The van der Waals surface area contributed by atoms with E-state index in [-0.39, 0.29) is 29.7 Å². The summed E-state index contributed by atoms with van der Waals surface area (Å²) in [7, 11) is 1.48. The summed E-state index contributed by atoms with van der Waals surface area (Å²) in [4.78, 5) is 31.3. The average molecular weight is 442 g/mol. The van der Waals surface area contributed by atoms with Crippen LogP contribution in [0.2, 0.25) is 0 Å². The minimum atomic E-state index is -0.570. The van der Waals surface area contributed by atoms with Gasteiger partial charge in [0.05, 0.1) is 24.7 Å². The maximum Gasteiger partial charge on any atom is 0.336 e. The number of ketones is 1. The number of methoxy groups -OCH3 is 1. The number of fused-ring (bicyclic) bond motifs is 1. The van der Waals surface area contributed by atoms with E-state index in [0.29, 0.717) is 42.0 Å². The van der Waals surface area contributed by atoms with Crippen molar-refractivity contribution in [2.45, 2.75) is 58.5 Å². The first-order chi connectivity index (χ1) is 15.2. The van der Waals surface area contributed by atoms with Gasteiger partial charge in [-0.3, -0.25) is 9.79 Å². The molecule has 7 nitrogen and oxygen atoms in total. The number of hydrogen-bond acceptors (Lipinski definition) is 7. The van der Waals surface area contributed by atoms with Crippen LogP contribution in [-0.2, 0) is 19.1 Å². The van der Waals surface area contributed by atoms with Gasteiger partial charge in [-0.05, 0) is 49.3 Å². The molecule has 32 heavy (non-hydrogen) atoms. The number of ether oxygens (including phenoxy) is 3. The molecule has 3 atom stereocenters. The van der Waals surface area contributed by atoms with Gasteiger partial charge in [-0.2, -0.15) is 0 Å². The molecule has 1 N–H and O–H groups in total. The smallest absolute Gasteiger partial charge is 0.336 e. The van der Waals surface area contributed by atoms with Gasteiger partial charge in [0.2, 0.25) is 0 Å².